The van der Waals surface area contributed by atoms with Crippen molar-refractivity contribution in [2.45, 2.75) is 19.4 Å². The number of hydrogen-bond donors (Lipinski definition) is 1. The highest BCUT2D eigenvalue weighted by molar-refractivity contribution is 9.10. The van der Waals surface area contributed by atoms with Crippen molar-refractivity contribution in [3.63, 3.8) is 0 Å². The van der Waals surface area contributed by atoms with Crippen LogP contribution in [-0.2, 0) is 11.2 Å². The van der Waals surface area contributed by atoms with Crippen LogP contribution >= 0.6 is 15.9 Å². The van der Waals surface area contributed by atoms with Gasteiger partial charge in [-0.15, -0.1) is 0 Å². The van der Waals surface area contributed by atoms with Gasteiger partial charge in [-0.2, -0.15) is 0 Å². The number of carbonyl (C=O) groups is 1. The summed E-state index contributed by atoms with van der Waals surface area (Å²) in [5.41, 5.74) is 2.98. The minimum absolute atomic E-state index is 0.114. The zero-order valence-electron chi connectivity index (χ0n) is 11.0. The lowest BCUT2D eigenvalue weighted by Crippen LogP contribution is -2.31. The number of nitrogens with one attached hydrogen (secondary N) is 1. The van der Waals surface area contributed by atoms with Crippen LogP contribution in [0.5, 0.6) is 5.75 Å². The van der Waals surface area contributed by atoms with E-state index in [1.807, 2.05) is 49.4 Å². The SMILES string of the molecule is Cc1ccc(NC(=O)C2Cc3ccccc3O2)cc1Br. The Bertz CT molecular complexity index is 644. The first-order valence-electron chi connectivity index (χ1n) is 6.45. The van der Waals surface area contributed by atoms with Crippen molar-refractivity contribution in [2.24, 2.45) is 0 Å². The maximum Gasteiger partial charge on any atom is 0.265 e. The van der Waals surface area contributed by atoms with Crippen LogP contribution in [0.25, 0.3) is 0 Å². The number of aryl methyl sites for hydroxylation is 1. The Morgan fingerprint density at radius 2 is 2.10 bits per heavy atom. The predicted molar refractivity (Wildman–Crippen MR) is 82.1 cm³/mol. The van der Waals surface area contributed by atoms with E-state index in [9.17, 15) is 4.79 Å². The summed E-state index contributed by atoms with van der Waals surface area (Å²) in [5, 5.41) is 2.89. The van der Waals surface area contributed by atoms with Crippen LogP contribution in [0, 0.1) is 6.92 Å². The largest absolute Gasteiger partial charge is 0.480 e. The van der Waals surface area contributed by atoms with E-state index >= 15 is 0 Å². The van der Waals surface area contributed by atoms with Crippen molar-refractivity contribution in [3.8, 4) is 5.75 Å². The van der Waals surface area contributed by atoms with Gasteiger partial charge in [-0.1, -0.05) is 40.2 Å². The molecule has 0 aliphatic carbocycles. The average Bonchev–Trinajstić information content (AvgIpc) is 2.87. The molecule has 0 saturated heterocycles. The van der Waals surface area contributed by atoms with Crippen LogP contribution in [0.4, 0.5) is 5.69 Å². The fourth-order valence-corrected chi connectivity index (χ4v) is 2.60. The highest BCUT2D eigenvalue weighted by atomic mass is 79.9. The number of rotatable bonds is 2. The number of ether oxygens (including phenoxy) is 1. The average molecular weight is 332 g/mol. The molecule has 1 unspecified atom stereocenters. The number of anilines is 1. The molecule has 4 heteroatoms. The van der Waals surface area contributed by atoms with Crippen LogP contribution in [0.15, 0.2) is 46.9 Å². The van der Waals surface area contributed by atoms with Crippen molar-refractivity contribution >= 4 is 27.5 Å². The Kier molecular flexibility index (Phi) is 3.49. The Morgan fingerprint density at radius 3 is 2.85 bits per heavy atom. The number of fused-ring (bicyclic) bond motifs is 1. The highest BCUT2D eigenvalue weighted by Gasteiger charge is 2.28. The Labute approximate surface area is 126 Å². The molecule has 0 spiro atoms. The number of halogens is 1. The van der Waals surface area contributed by atoms with E-state index in [2.05, 4.69) is 21.2 Å². The molecule has 1 heterocycles. The summed E-state index contributed by atoms with van der Waals surface area (Å²) in [7, 11) is 0. The predicted octanol–water partition coefficient (Wildman–Crippen LogP) is 3.70. The molecule has 20 heavy (non-hydrogen) atoms. The smallest absolute Gasteiger partial charge is 0.265 e. The van der Waals surface area contributed by atoms with Crippen molar-refractivity contribution in [1.29, 1.82) is 0 Å². The van der Waals surface area contributed by atoms with E-state index in [1.54, 1.807) is 0 Å². The third-order valence-electron chi connectivity index (χ3n) is 3.38. The molecule has 3 rings (SSSR count). The maximum absolute atomic E-state index is 12.2. The lowest BCUT2D eigenvalue weighted by molar-refractivity contribution is -0.122. The Hall–Kier alpha value is -1.81. The van der Waals surface area contributed by atoms with Crippen LogP contribution in [0.3, 0.4) is 0 Å². The molecule has 102 valence electrons. The van der Waals surface area contributed by atoms with E-state index < -0.39 is 6.10 Å². The summed E-state index contributed by atoms with van der Waals surface area (Å²) in [6.45, 7) is 2.01. The standard InChI is InChI=1S/C16H14BrNO2/c1-10-6-7-12(9-13(10)17)18-16(19)15-8-11-4-2-3-5-14(11)20-15/h2-7,9,15H,8H2,1H3,(H,18,19). The monoisotopic (exact) mass is 331 g/mol. The molecule has 1 atom stereocenters. The van der Waals surface area contributed by atoms with Gasteiger partial charge in [0, 0.05) is 16.6 Å². The minimum atomic E-state index is -0.451. The van der Waals surface area contributed by atoms with Gasteiger partial charge in [0.1, 0.15) is 5.75 Å². The van der Waals surface area contributed by atoms with E-state index in [-0.39, 0.29) is 5.91 Å². The molecule has 0 radical (unpaired) electrons. The molecular formula is C16H14BrNO2. The van der Waals surface area contributed by atoms with Gasteiger partial charge in [-0.05, 0) is 36.2 Å². The second kappa shape index (κ2) is 5.29. The summed E-state index contributed by atoms with van der Waals surface area (Å²) in [6, 6.07) is 13.5. The van der Waals surface area contributed by atoms with Gasteiger partial charge in [-0.3, -0.25) is 4.79 Å². The van der Waals surface area contributed by atoms with Crippen molar-refractivity contribution in [2.75, 3.05) is 5.32 Å². The van der Waals surface area contributed by atoms with E-state index in [4.69, 9.17) is 4.74 Å². The number of hydrogen-bond acceptors (Lipinski definition) is 2. The molecule has 2 aromatic carbocycles. The fraction of sp³-hybridized carbons (Fsp3) is 0.188. The quantitative estimate of drug-likeness (QED) is 0.911. The molecule has 1 N–H and O–H groups in total. The second-order valence-corrected chi connectivity index (χ2v) is 5.73. The molecule has 2 aromatic rings. The lowest BCUT2D eigenvalue weighted by atomic mass is 10.1. The zero-order chi connectivity index (χ0) is 14.1. The van der Waals surface area contributed by atoms with Crippen LogP contribution in [0.1, 0.15) is 11.1 Å². The van der Waals surface area contributed by atoms with Crippen molar-refractivity contribution in [3.05, 3.63) is 58.1 Å². The summed E-state index contributed by atoms with van der Waals surface area (Å²) in [4.78, 5) is 12.2. The normalized spacial score (nSPS) is 16.4. The minimum Gasteiger partial charge on any atom is -0.480 e. The summed E-state index contributed by atoms with van der Waals surface area (Å²) >= 11 is 3.46. The second-order valence-electron chi connectivity index (χ2n) is 4.87. The van der Waals surface area contributed by atoms with Gasteiger partial charge in [0.2, 0.25) is 0 Å². The molecule has 1 amide bonds. The molecule has 1 aliphatic heterocycles. The van der Waals surface area contributed by atoms with Crippen molar-refractivity contribution in [1.82, 2.24) is 0 Å². The first kappa shape index (κ1) is 13.2. The maximum atomic E-state index is 12.2. The van der Waals surface area contributed by atoms with Crippen LogP contribution < -0.4 is 10.1 Å². The lowest BCUT2D eigenvalue weighted by Gasteiger charge is -2.12. The summed E-state index contributed by atoms with van der Waals surface area (Å²) in [6.07, 6.45) is 0.169. The Morgan fingerprint density at radius 1 is 1.30 bits per heavy atom. The molecule has 3 nitrogen and oxygen atoms in total. The fourth-order valence-electron chi connectivity index (χ4n) is 2.22. The first-order valence-corrected chi connectivity index (χ1v) is 7.24. The van der Waals surface area contributed by atoms with Gasteiger partial charge in [-0.25, -0.2) is 0 Å². The molecule has 0 bridgehead atoms. The third kappa shape index (κ3) is 2.56. The number of benzene rings is 2. The van der Waals surface area contributed by atoms with Gasteiger partial charge < -0.3 is 10.1 Å². The van der Waals surface area contributed by atoms with Gasteiger partial charge in [0.25, 0.3) is 5.91 Å². The van der Waals surface area contributed by atoms with Crippen LogP contribution in [-0.4, -0.2) is 12.0 Å². The molecule has 0 fully saturated rings. The van der Waals surface area contributed by atoms with Gasteiger partial charge >= 0.3 is 0 Å². The number of carbonyl (C=O) groups excluding carboxylic acids is 1. The highest BCUT2D eigenvalue weighted by Crippen LogP contribution is 2.29. The third-order valence-corrected chi connectivity index (χ3v) is 4.23. The van der Waals surface area contributed by atoms with E-state index in [1.165, 1.54) is 0 Å². The first-order chi connectivity index (χ1) is 9.63. The van der Waals surface area contributed by atoms with Gasteiger partial charge in [0.15, 0.2) is 6.10 Å². The van der Waals surface area contributed by atoms with Crippen LogP contribution in [0.2, 0.25) is 0 Å². The Balaban J connectivity index is 1.71. The van der Waals surface area contributed by atoms with E-state index in [0.717, 1.165) is 27.0 Å². The number of para-hydroxylation sites is 1. The molecular weight excluding hydrogens is 318 g/mol. The molecule has 0 aromatic heterocycles. The molecule has 0 saturated carbocycles. The number of amides is 1. The topological polar surface area (TPSA) is 38.3 Å². The summed E-state index contributed by atoms with van der Waals surface area (Å²) in [5.74, 6) is 0.690. The van der Waals surface area contributed by atoms with Gasteiger partial charge in [0.05, 0.1) is 0 Å². The zero-order valence-corrected chi connectivity index (χ0v) is 12.6. The summed E-state index contributed by atoms with van der Waals surface area (Å²) < 4.78 is 6.65. The van der Waals surface area contributed by atoms with Crippen molar-refractivity contribution < 1.29 is 9.53 Å². The van der Waals surface area contributed by atoms with E-state index in [0.29, 0.717) is 6.42 Å². The molecule has 1 aliphatic rings.